The standard InChI is InChI=1S/C6H9ClN2O3S2/c1-3-12-9-14(10,11)5-4(2)8-6(7)13-5/h9H,3H2,1-2H3. The number of sulfonamides is 1. The van der Waals surface area contributed by atoms with Crippen molar-refractivity contribution in [3.05, 3.63) is 10.2 Å². The van der Waals surface area contributed by atoms with Crippen molar-refractivity contribution in [3.8, 4) is 0 Å². The third-order valence-electron chi connectivity index (χ3n) is 1.28. The number of hydrogen-bond acceptors (Lipinski definition) is 5. The first-order valence-electron chi connectivity index (χ1n) is 3.74. The molecule has 0 amide bonds. The van der Waals surface area contributed by atoms with Gasteiger partial charge in [-0.15, -0.1) is 0 Å². The van der Waals surface area contributed by atoms with Gasteiger partial charge >= 0.3 is 0 Å². The molecule has 0 saturated heterocycles. The van der Waals surface area contributed by atoms with Gasteiger partial charge in [0, 0.05) is 0 Å². The average molecular weight is 257 g/mol. The van der Waals surface area contributed by atoms with Crippen LogP contribution in [0.15, 0.2) is 4.21 Å². The van der Waals surface area contributed by atoms with Crippen molar-refractivity contribution >= 4 is 33.0 Å². The van der Waals surface area contributed by atoms with E-state index in [2.05, 4.69) is 9.82 Å². The molecule has 8 heteroatoms. The Hall–Kier alpha value is -0.210. The Morgan fingerprint density at radius 1 is 1.64 bits per heavy atom. The molecule has 0 aliphatic heterocycles. The summed E-state index contributed by atoms with van der Waals surface area (Å²) < 4.78 is 23.3. The Kier molecular flexibility index (Phi) is 3.85. The van der Waals surface area contributed by atoms with Gasteiger partial charge in [-0.1, -0.05) is 27.8 Å². The van der Waals surface area contributed by atoms with Gasteiger partial charge in [0.05, 0.1) is 12.3 Å². The van der Waals surface area contributed by atoms with Gasteiger partial charge in [0.15, 0.2) is 8.68 Å². The maximum Gasteiger partial charge on any atom is 0.273 e. The van der Waals surface area contributed by atoms with E-state index >= 15 is 0 Å². The number of rotatable bonds is 4. The lowest BCUT2D eigenvalue weighted by atomic mass is 10.6. The van der Waals surface area contributed by atoms with Crippen LogP contribution in [0.25, 0.3) is 0 Å². The summed E-state index contributed by atoms with van der Waals surface area (Å²) in [6, 6.07) is 0. The highest BCUT2D eigenvalue weighted by Gasteiger charge is 2.21. The van der Waals surface area contributed by atoms with E-state index < -0.39 is 10.0 Å². The highest BCUT2D eigenvalue weighted by atomic mass is 35.5. The number of nitrogens with zero attached hydrogens (tertiary/aromatic N) is 1. The Balaban J connectivity index is 2.98. The molecule has 0 unspecified atom stereocenters. The van der Waals surface area contributed by atoms with Crippen LogP contribution >= 0.6 is 22.9 Å². The molecule has 0 aliphatic carbocycles. The van der Waals surface area contributed by atoms with Crippen molar-refractivity contribution in [3.63, 3.8) is 0 Å². The second-order valence-corrected chi connectivity index (χ2v) is 5.78. The normalized spacial score (nSPS) is 11.9. The third-order valence-corrected chi connectivity index (χ3v) is 4.37. The van der Waals surface area contributed by atoms with Crippen LogP contribution in [0, 0.1) is 6.92 Å². The average Bonchev–Trinajstić information content (AvgIpc) is 2.42. The van der Waals surface area contributed by atoms with E-state index in [0.29, 0.717) is 5.69 Å². The monoisotopic (exact) mass is 256 g/mol. The van der Waals surface area contributed by atoms with Gasteiger partial charge in [0.1, 0.15) is 0 Å². The van der Waals surface area contributed by atoms with Gasteiger partial charge < -0.3 is 0 Å². The summed E-state index contributed by atoms with van der Waals surface area (Å²) in [6.07, 6.45) is 0. The first-order valence-corrected chi connectivity index (χ1v) is 6.41. The molecule has 5 nitrogen and oxygen atoms in total. The van der Waals surface area contributed by atoms with E-state index in [0.717, 1.165) is 11.3 Å². The maximum atomic E-state index is 11.5. The summed E-state index contributed by atoms with van der Waals surface area (Å²) >= 11 is 6.48. The van der Waals surface area contributed by atoms with Crippen LogP contribution < -0.4 is 4.89 Å². The van der Waals surface area contributed by atoms with Crippen LogP contribution in [-0.2, 0) is 14.9 Å². The number of halogens is 1. The lowest BCUT2D eigenvalue weighted by Crippen LogP contribution is -2.23. The van der Waals surface area contributed by atoms with Crippen LogP contribution in [0.1, 0.15) is 12.6 Å². The van der Waals surface area contributed by atoms with Crippen molar-refractivity contribution < 1.29 is 13.3 Å². The minimum absolute atomic E-state index is 0.0796. The smallest absolute Gasteiger partial charge is 0.273 e. The molecule has 80 valence electrons. The Morgan fingerprint density at radius 2 is 2.29 bits per heavy atom. The first kappa shape index (κ1) is 11.9. The molecule has 1 rings (SSSR count). The minimum Gasteiger partial charge on any atom is -0.287 e. The molecule has 0 fully saturated rings. The number of thiazole rings is 1. The van der Waals surface area contributed by atoms with E-state index in [-0.39, 0.29) is 15.3 Å². The molecule has 14 heavy (non-hydrogen) atoms. The molecule has 1 aromatic rings. The molecule has 1 heterocycles. The van der Waals surface area contributed by atoms with Crippen molar-refractivity contribution in [1.29, 1.82) is 0 Å². The second kappa shape index (κ2) is 4.54. The fourth-order valence-corrected chi connectivity index (χ4v) is 3.36. The SMILES string of the molecule is CCONS(=O)(=O)c1sc(Cl)nc1C. The molecular weight excluding hydrogens is 248 g/mol. The van der Waals surface area contributed by atoms with Gasteiger partial charge in [0.2, 0.25) is 0 Å². The van der Waals surface area contributed by atoms with E-state index in [4.69, 9.17) is 11.6 Å². The minimum atomic E-state index is -3.63. The maximum absolute atomic E-state index is 11.5. The summed E-state index contributed by atoms with van der Waals surface area (Å²) in [5, 5.41) is 0. The number of hydrogen-bond donors (Lipinski definition) is 1. The molecular formula is C6H9ClN2O3S2. The summed E-state index contributed by atoms with van der Waals surface area (Å²) in [5.41, 5.74) is 0.368. The van der Waals surface area contributed by atoms with Gasteiger partial charge in [-0.2, -0.15) is 0 Å². The predicted octanol–water partition coefficient (Wildman–Crippen LogP) is 1.33. The van der Waals surface area contributed by atoms with Crippen LogP contribution in [0.2, 0.25) is 4.47 Å². The Morgan fingerprint density at radius 3 is 2.71 bits per heavy atom. The predicted molar refractivity (Wildman–Crippen MR) is 53.8 cm³/mol. The quantitative estimate of drug-likeness (QED) is 0.826. The molecule has 1 N–H and O–H groups in total. The van der Waals surface area contributed by atoms with E-state index in [1.165, 1.54) is 0 Å². The lowest BCUT2D eigenvalue weighted by Gasteiger charge is -2.02. The topological polar surface area (TPSA) is 68.3 Å². The zero-order chi connectivity index (χ0) is 10.8. The van der Waals surface area contributed by atoms with Crippen molar-refractivity contribution in [2.45, 2.75) is 18.1 Å². The van der Waals surface area contributed by atoms with E-state index in [9.17, 15) is 8.42 Å². The molecule has 0 saturated carbocycles. The molecule has 0 aromatic carbocycles. The van der Waals surface area contributed by atoms with Crippen molar-refractivity contribution in [2.75, 3.05) is 6.61 Å². The van der Waals surface area contributed by atoms with Crippen molar-refractivity contribution in [1.82, 2.24) is 9.87 Å². The van der Waals surface area contributed by atoms with Crippen LogP contribution in [0.4, 0.5) is 0 Å². The zero-order valence-corrected chi connectivity index (χ0v) is 9.96. The van der Waals surface area contributed by atoms with Gasteiger partial charge in [-0.3, -0.25) is 4.84 Å². The molecule has 0 atom stereocenters. The van der Waals surface area contributed by atoms with Gasteiger partial charge in [0.25, 0.3) is 10.0 Å². The zero-order valence-electron chi connectivity index (χ0n) is 7.57. The second-order valence-electron chi connectivity index (χ2n) is 2.36. The molecule has 1 aromatic heterocycles. The fraction of sp³-hybridized carbons (Fsp3) is 0.500. The van der Waals surface area contributed by atoms with Crippen LogP contribution in [-0.4, -0.2) is 20.0 Å². The number of aryl methyl sites for hydroxylation is 1. The van der Waals surface area contributed by atoms with E-state index in [1.54, 1.807) is 13.8 Å². The molecule has 0 spiro atoms. The van der Waals surface area contributed by atoms with Crippen LogP contribution in [0.3, 0.4) is 0 Å². The Labute approximate surface area is 91.1 Å². The first-order chi connectivity index (χ1) is 6.47. The number of nitrogens with one attached hydrogen (secondary N) is 1. The molecule has 0 bridgehead atoms. The lowest BCUT2D eigenvalue weighted by molar-refractivity contribution is 0.105. The van der Waals surface area contributed by atoms with Gasteiger partial charge in [-0.25, -0.2) is 13.4 Å². The molecule has 0 radical (unpaired) electrons. The fourth-order valence-electron chi connectivity index (χ4n) is 0.774. The summed E-state index contributed by atoms with van der Waals surface area (Å²) in [5.74, 6) is 0. The number of aromatic nitrogens is 1. The third kappa shape index (κ3) is 2.64. The summed E-state index contributed by atoms with van der Waals surface area (Å²) in [6.45, 7) is 3.50. The summed E-state index contributed by atoms with van der Waals surface area (Å²) in [7, 11) is -3.63. The highest BCUT2D eigenvalue weighted by Crippen LogP contribution is 2.26. The van der Waals surface area contributed by atoms with E-state index in [1.807, 2.05) is 4.89 Å². The van der Waals surface area contributed by atoms with Crippen LogP contribution in [0.5, 0.6) is 0 Å². The molecule has 0 aliphatic rings. The summed E-state index contributed by atoms with van der Waals surface area (Å²) in [4.78, 5) is 10.4. The Bertz CT molecular complexity index is 415. The van der Waals surface area contributed by atoms with Crippen molar-refractivity contribution in [2.24, 2.45) is 0 Å². The van der Waals surface area contributed by atoms with Gasteiger partial charge in [-0.05, 0) is 13.8 Å². The largest absolute Gasteiger partial charge is 0.287 e. The highest BCUT2D eigenvalue weighted by molar-refractivity contribution is 7.91.